The lowest BCUT2D eigenvalue weighted by Crippen LogP contribution is -2.38. The molecule has 0 radical (unpaired) electrons. The highest BCUT2D eigenvalue weighted by molar-refractivity contribution is 9.10. The lowest BCUT2D eigenvalue weighted by atomic mass is 10.1. The molecule has 0 saturated heterocycles. The summed E-state index contributed by atoms with van der Waals surface area (Å²) in [6.45, 7) is 2.68. The van der Waals surface area contributed by atoms with E-state index in [4.69, 9.17) is 0 Å². The molecular weight excluding hydrogens is 396 g/mol. The predicted molar refractivity (Wildman–Crippen MR) is 104 cm³/mol. The first-order chi connectivity index (χ1) is 12.5. The van der Waals surface area contributed by atoms with E-state index < -0.39 is 0 Å². The zero-order valence-electron chi connectivity index (χ0n) is 15.1. The number of aromatic nitrogens is 3. The number of benzene rings is 1. The van der Waals surface area contributed by atoms with Crippen LogP contribution in [0.25, 0.3) is 0 Å². The summed E-state index contributed by atoms with van der Waals surface area (Å²) in [4.78, 5) is 24.7. The number of rotatable bonds is 6. The Labute approximate surface area is 161 Å². The fourth-order valence-electron chi connectivity index (χ4n) is 3.29. The second-order valence-electron chi connectivity index (χ2n) is 6.95. The Morgan fingerprint density at radius 1 is 1.27 bits per heavy atom. The van der Waals surface area contributed by atoms with Crippen molar-refractivity contribution in [1.29, 1.82) is 0 Å². The summed E-state index contributed by atoms with van der Waals surface area (Å²) in [7, 11) is 0. The minimum Gasteiger partial charge on any atom is -0.352 e. The fourth-order valence-corrected chi connectivity index (χ4v) is 3.56. The molecule has 1 unspecified atom stereocenters. The highest BCUT2D eigenvalue weighted by Gasteiger charge is 2.17. The lowest BCUT2D eigenvalue weighted by molar-refractivity contribution is -0.122. The molecule has 0 saturated carbocycles. The van der Waals surface area contributed by atoms with Crippen molar-refractivity contribution in [3.05, 3.63) is 50.6 Å². The Morgan fingerprint density at radius 2 is 2.04 bits per heavy atom. The van der Waals surface area contributed by atoms with E-state index in [2.05, 4.69) is 38.5 Å². The Kier molecular flexibility index (Phi) is 6.29. The average molecular weight is 421 g/mol. The summed E-state index contributed by atoms with van der Waals surface area (Å²) in [5, 5.41) is 7.33. The van der Waals surface area contributed by atoms with Crippen LogP contribution in [0.2, 0.25) is 0 Å². The quantitative estimate of drug-likeness (QED) is 0.780. The zero-order chi connectivity index (χ0) is 18.5. The normalized spacial score (nSPS) is 15.2. The molecule has 0 bridgehead atoms. The number of nitrogens with one attached hydrogen (secondary N) is 1. The number of carbonyl (C=O) groups excluding carboxylic acids is 1. The average Bonchev–Trinajstić information content (AvgIpc) is 2.77. The molecule has 3 rings (SSSR count). The van der Waals surface area contributed by atoms with Gasteiger partial charge in [-0.3, -0.25) is 9.36 Å². The van der Waals surface area contributed by atoms with Crippen LogP contribution < -0.4 is 11.0 Å². The van der Waals surface area contributed by atoms with Gasteiger partial charge in [0.05, 0.1) is 0 Å². The van der Waals surface area contributed by atoms with Crippen LogP contribution in [0.1, 0.15) is 44.0 Å². The van der Waals surface area contributed by atoms with Crippen LogP contribution in [0.5, 0.6) is 0 Å². The number of halogens is 1. The van der Waals surface area contributed by atoms with Crippen molar-refractivity contribution < 1.29 is 4.79 Å². The molecule has 1 aromatic heterocycles. The first-order valence-electron chi connectivity index (χ1n) is 9.23. The molecule has 1 N–H and O–H groups in total. The molecule has 140 valence electrons. The van der Waals surface area contributed by atoms with Gasteiger partial charge in [-0.05, 0) is 50.3 Å². The summed E-state index contributed by atoms with van der Waals surface area (Å²) >= 11 is 3.43. The summed E-state index contributed by atoms with van der Waals surface area (Å²) in [6, 6.07) is 8.25. The smallest absolute Gasteiger partial charge is 0.346 e. The summed E-state index contributed by atoms with van der Waals surface area (Å²) in [5.74, 6) is 0.646. The summed E-state index contributed by atoms with van der Waals surface area (Å²) in [5.41, 5.74) is 1.07. The van der Waals surface area contributed by atoms with Crippen LogP contribution >= 0.6 is 15.9 Å². The Bertz CT molecular complexity index is 810. The molecule has 1 aromatic carbocycles. The molecule has 7 heteroatoms. The van der Waals surface area contributed by atoms with Gasteiger partial charge in [0.15, 0.2) is 0 Å². The third-order valence-corrected chi connectivity index (χ3v) is 5.29. The number of amides is 1. The molecule has 0 fully saturated rings. The third kappa shape index (κ3) is 4.84. The van der Waals surface area contributed by atoms with Crippen molar-refractivity contribution in [1.82, 2.24) is 19.7 Å². The Hall–Kier alpha value is -1.89. The second kappa shape index (κ2) is 8.66. The second-order valence-corrected chi connectivity index (χ2v) is 7.87. The molecule has 0 spiro atoms. The molecule has 2 heterocycles. The first kappa shape index (κ1) is 18.9. The Balaban J connectivity index is 1.52. The minimum atomic E-state index is -0.167. The van der Waals surface area contributed by atoms with E-state index >= 15 is 0 Å². The third-order valence-electron chi connectivity index (χ3n) is 4.76. The summed E-state index contributed by atoms with van der Waals surface area (Å²) in [6.07, 6.45) is 5.73. The molecule has 1 amide bonds. The van der Waals surface area contributed by atoms with Gasteiger partial charge < -0.3 is 5.32 Å². The Morgan fingerprint density at radius 3 is 2.81 bits per heavy atom. The van der Waals surface area contributed by atoms with E-state index in [1.54, 1.807) is 4.57 Å². The van der Waals surface area contributed by atoms with Crippen LogP contribution in [-0.4, -0.2) is 26.3 Å². The largest absolute Gasteiger partial charge is 0.352 e. The van der Waals surface area contributed by atoms with Gasteiger partial charge in [0.1, 0.15) is 12.4 Å². The number of nitrogens with zero attached hydrogens (tertiary/aromatic N) is 3. The van der Waals surface area contributed by atoms with Crippen LogP contribution in [0.4, 0.5) is 0 Å². The number of hydrogen-bond acceptors (Lipinski definition) is 3. The highest BCUT2D eigenvalue weighted by atomic mass is 79.9. The molecule has 1 aliphatic heterocycles. The van der Waals surface area contributed by atoms with Crippen molar-refractivity contribution >= 4 is 21.8 Å². The van der Waals surface area contributed by atoms with Gasteiger partial charge in [-0.15, -0.1) is 0 Å². The van der Waals surface area contributed by atoms with Gasteiger partial charge in [-0.1, -0.05) is 34.5 Å². The van der Waals surface area contributed by atoms with Crippen molar-refractivity contribution in [2.24, 2.45) is 0 Å². The number of aryl methyl sites for hydroxylation is 2. The van der Waals surface area contributed by atoms with Crippen LogP contribution in [-0.2, 0) is 30.7 Å². The maximum Gasteiger partial charge on any atom is 0.346 e. The fraction of sp³-hybridized carbons (Fsp3) is 0.526. The highest BCUT2D eigenvalue weighted by Crippen LogP contribution is 2.13. The van der Waals surface area contributed by atoms with E-state index in [1.807, 2.05) is 19.1 Å². The molecular formula is C19H25BrN4O2. The number of carbonyl (C=O) groups is 1. The van der Waals surface area contributed by atoms with Crippen LogP contribution in [0.15, 0.2) is 33.5 Å². The maximum absolute atomic E-state index is 12.4. The van der Waals surface area contributed by atoms with Gasteiger partial charge in [0.2, 0.25) is 5.91 Å². The van der Waals surface area contributed by atoms with Crippen molar-refractivity contribution in [2.45, 2.75) is 64.6 Å². The van der Waals surface area contributed by atoms with E-state index in [0.717, 1.165) is 48.8 Å². The van der Waals surface area contributed by atoms with E-state index in [9.17, 15) is 9.59 Å². The molecule has 1 aliphatic rings. The first-order valence-corrected chi connectivity index (χ1v) is 10.0. The van der Waals surface area contributed by atoms with Crippen molar-refractivity contribution in [3.8, 4) is 0 Å². The van der Waals surface area contributed by atoms with E-state index in [1.165, 1.54) is 10.2 Å². The van der Waals surface area contributed by atoms with Gasteiger partial charge in [-0.25, -0.2) is 9.48 Å². The van der Waals surface area contributed by atoms with Crippen LogP contribution in [0.3, 0.4) is 0 Å². The van der Waals surface area contributed by atoms with E-state index in [0.29, 0.717) is 6.54 Å². The van der Waals surface area contributed by atoms with E-state index in [-0.39, 0.29) is 24.2 Å². The van der Waals surface area contributed by atoms with Gasteiger partial charge in [0.25, 0.3) is 0 Å². The standard InChI is InChI=1S/C19H25BrN4O2/c1-14(6-7-15-8-10-16(20)11-9-15)21-18(25)13-24-19(26)23-12-4-2-3-5-17(23)22-24/h8-11,14H,2-7,12-13H2,1H3,(H,21,25). The predicted octanol–water partition coefficient (Wildman–Crippen LogP) is 2.67. The topological polar surface area (TPSA) is 68.9 Å². The molecule has 26 heavy (non-hydrogen) atoms. The molecule has 2 aromatic rings. The van der Waals surface area contributed by atoms with Crippen molar-refractivity contribution in [2.75, 3.05) is 0 Å². The molecule has 6 nitrogen and oxygen atoms in total. The number of hydrogen-bond donors (Lipinski definition) is 1. The lowest BCUT2D eigenvalue weighted by Gasteiger charge is -2.13. The number of fused-ring (bicyclic) bond motifs is 1. The monoisotopic (exact) mass is 420 g/mol. The molecule has 0 aliphatic carbocycles. The zero-order valence-corrected chi connectivity index (χ0v) is 16.7. The maximum atomic E-state index is 12.4. The SMILES string of the molecule is CC(CCc1ccc(Br)cc1)NC(=O)Cn1nc2n(c1=O)CCCCC2. The van der Waals surface area contributed by atoms with Crippen molar-refractivity contribution in [3.63, 3.8) is 0 Å². The minimum absolute atomic E-state index is 0.0124. The van der Waals surface area contributed by atoms with Crippen LogP contribution in [0, 0.1) is 0 Å². The summed E-state index contributed by atoms with van der Waals surface area (Å²) < 4.78 is 4.08. The molecule has 1 atom stereocenters. The van der Waals surface area contributed by atoms with Gasteiger partial charge in [-0.2, -0.15) is 5.10 Å². The van der Waals surface area contributed by atoms with Gasteiger partial charge in [0, 0.05) is 23.5 Å². The van der Waals surface area contributed by atoms with Gasteiger partial charge >= 0.3 is 5.69 Å².